The second-order valence-electron chi connectivity index (χ2n) is 8.65. The highest BCUT2D eigenvalue weighted by Gasteiger charge is 2.21. The Balaban J connectivity index is 1.40. The summed E-state index contributed by atoms with van der Waals surface area (Å²) in [4.78, 5) is 55.5. The number of carbonyl (C=O) groups excluding carboxylic acids is 3. The van der Waals surface area contributed by atoms with E-state index in [0.717, 1.165) is 16.7 Å². The van der Waals surface area contributed by atoms with Gasteiger partial charge in [0.25, 0.3) is 5.91 Å². The van der Waals surface area contributed by atoms with Crippen LogP contribution < -0.4 is 16.0 Å². The van der Waals surface area contributed by atoms with E-state index in [9.17, 15) is 19.2 Å². The summed E-state index contributed by atoms with van der Waals surface area (Å²) in [5, 5.41) is 17.4. The Bertz CT molecular complexity index is 1230. The fraction of sp³-hybridized carbons (Fsp3) is 0.333. The predicted molar refractivity (Wildman–Crippen MR) is 139 cm³/mol. The highest BCUT2D eigenvalue weighted by Crippen LogP contribution is 2.18. The van der Waals surface area contributed by atoms with E-state index in [4.69, 9.17) is 5.11 Å². The van der Waals surface area contributed by atoms with Gasteiger partial charge in [-0.05, 0) is 55.7 Å². The molecule has 2 aromatic carbocycles. The Morgan fingerprint density at radius 1 is 1.03 bits per heavy atom. The van der Waals surface area contributed by atoms with Crippen molar-refractivity contribution in [3.63, 3.8) is 0 Å². The van der Waals surface area contributed by atoms with Crippen LogP contribution in [0.1, 0.15) is 49.4 Å². The Morgan fingerprint density at radius 3 is 2.43 bits per heavy atom. The number of anilines is 2. The van der Waals surface area contributed by atoms with E-state index in [2.05, 4.69) is 25.9 Å². The van der Waals surface area contributed by atoms with E-state index >= 15 is 0 Å². The Hall–Kier alpha value is -4.34. The summed E-state index contributed by atoms with van der Waals surface area (Å²) in [6.45, 7) is 2.32. The zero-order valence-corrected chi connectivity index (χ0v) is 20.6. The van der Waals surface area contributed by atoms with Crippen molar-refractivity contribution in [2.24, 2.45) is 5.92 Å². The van der Waals surface area contributed by atoms with Gasteiger partial charge in [-0.2, -0.15) is 0 Å². The number of nitrogens with zero attached hydrogens (tertiary/aromatic N) is 2. The van der Waals surface area contributed by atoms with E-state index in [1.165, 1.54) is 0 Å². The number of rotatable bonds is 14. The van der Waals surface area contributed by atoms with Gasteiger partial charge in [0.2, 0.25) is 5.91 Å². The molecular formula is C27H31N5O5. The number of para-hydroxylation sites is 2. The molecule has 2 amide bonds. The number of hydrogen-bond donors (Lipinski definition) is 4. The van der Waals surface area contributed by atoms with Crippen LogP contribution >= 0.6 is 0 Å². The first-order valence-corrected chi connectivity index (χ1v) is 12.2. The Morgan fingerprint density at radius 2 is 1.76 bits per heavy atom. The van der Waals surface area contributed by atoms with E-state index in [1.54, 1.807) is 30.5 Å². The summed E-state index contributed by atoms with van der Waals surface area (Å²) in [5.41, 5.74) is 2.91. The average Bonchev–Trinajstić information content (AvgIpc) is 2.90. The van der Waals surface area contributed by atoms with Crippen LogP contribution in [0.4, 0.5) is 11.5 Å². The summed E-state index contributed by atoms with van der Waals surface area (Å²) in [7, 11) is 0. The molecule has 10 heteroatoms. The van der Waals surface area contributed by atoms with Crippen LogP contribution in [0.5, 0.6) is 0 Å². The molecule has 0 aliphatic rings. The summed E-state index contributed by atoms with van der Waals surface area (Å²) >= 11 is 0. The second kappa shape index (κ2) is 13.7. The molecule has 37 heavy (non-hydrogen) atoms. The molecular weight excluding hydrogens is 474 g/mol. The number of carboxylic acid groups (broad SMARTS) is 1. The minimum atomic E-state index is -1.15. The van der Waals surface area contributed by atoms with Crippen LogP contribution in [0, 0.1) is 5.92 Å². The summed E-state index contributed by atoms with van der Waals surface area (Å²) in [6, 6.07) is 13.6. The molecule has 1 aromatic heterocycles. The first-order valence-electron chi connectivity index (χ1n) is 12.2. The summed E-state index contributed by atoms with van der Waals surface area (Å²) in [5.74, 6) is -1.37. The zero-order chi connectivity index (χ0) is 26.6. The van der Waals surface area contributed by atoms with Crippen LogP contribution in [0.25, 0.3) is 11.0 Å². The van der Waals surface area contributed by atoms with E-state index < -0.39 is 18.4 Å². The number of nitrogens with one attached hydrogen (secondary N) is 3. The maximum atomic E-state index is 12.5. The summed E-state index contributed by atoms with van der Waals surface area (Å²) in [6.07, 6.45) is 4.19. The molecule has 0 radical (unpaired) electrons. The normalized spacial score (nSPS) is 12.4. The SMILES string of the molecule is CC[C@@H](CCCCNC(=O)c1ccc(Nc2cnc3ccccc3n2)cc1)C(=O)N[C@H](C=O)CC(=O)O. The van der Waals surface area contributed by atoms with Crippen molar-refractivity contribution in [2.75, 3.05) is 11.9 Å². The summed E-state index contributed by atoms with van der Waals surface area (Å²) < 4.78 is 0. The molecule has 0 saturated heterocycles. The van der Waals surface area contributed by atoms with Crippen molar-refractivity contribution in [3.8, 4) is 0 Å². The standard InChI is InChI=1S/C27H31N5O5/c1-2-18(27(37)31-21(17-33)15-25(34)35)7-5-6-14-28-26(36)19-10-12-20(13-11-19)30-24-16-29-22-8-3-4-9-23(22)32-24/h3-4,8-13,16-18,21H,2,5-7,14-15H2,1H3,(H,28,36)(H,30,32)(H,31,37)(H,34,35)/t18-,21-/m0/s1. The lowest BCUT2D eigenvalue weighted by Crippen LogP contribution is -2.41. The lowest BCUT2D eigenvalue weighted by atomic mass is 9.97. The number of carbonyl (C=O) groups is 4. The predicted octanol–water partition coefficient (Wildman–Crippen LogP) is 3.46. The molecule has 1 heterocycles. The smallest absolute Gasteiger partial charge is 0.305 e. The first-order chi connectivity index (χ1) is 17.9. The number of carboxylic acids is 1. The molecule has 0 aliphatic carbocycles. The van der Waals surface area contributed by atoms with E-state index in [-0.39, 0.29) is 17.7 Å². The molecule has 10 nitrogen and oxygen atoms in total. The monoisotopic (exact) mass is 505 g/mol. The van der Waals surface area contributed by atoms with Gasteiger partial charge in [0, 0.05) is 23.7 Å². The Labute approximate surface area is 214 Å². The molecule has 194 valence electrons. The van der Waals surface area contributed by atoms with Crippen molar-refractivity contribution in [2.45, 2.75) is 45.1 Å². The van der Waals surface area contributed by atoms with Crippen LogP contribution in [0.15, 0.2) is 54.7 Å². The van der Waals surface area contributed by atoms with Crippen LogP contribution in [0.2, 0.25) is 0 Å². The lowest BCUT2D eigenvalue weighted by molar-refractivity contribution is -0.139. The molecule has 0 saturated carbocycles. The molecule has 4 N–H and O–H groups in total. The third kappa shape index (κ3) is 8.38. The van der Waals surface area contributed by atoms with E-state index in [1.807, 2.05) is 31.2 Å². The van der Waals surface area contributed by atoms with Gasteiger partial charge in [0.15, 0.2) is 0 Å². The molecule has 3 aromatic rings. The maximum Gasteiger partial charge on any atom is 0.305 e. The molecule has 0 bridgehead atoms. The van der Waals surface area contributed by atoms with Crippen LogP contribution in [-0.2, 0) is 14.4 Å². The third-order valence-corrected chi connectivity index (χ3v) is 5.88. The number of aromatic nitrogens is 2. The number of aliphatic carboxylic acids is 1. The van der Waals surface area contributed by atoms with Gasteiger partial charge in [-0.3, -0.25) is 19.4 Å². The largest absolute Gasteiger partial charge is 0.481 e. The van der Waals surface area contributed by atoms with Crippen LogP contribution in [0.3, 0.4) is 0 Å². The second-order valence-corrected chi connectivity index (χ2v) is 8.65. The highest BCUT2D eigenvalue weighted by molar-refractivity contribution is 5.94. The van der Waals surface area contributed by atoms with Gasteiger partial charge in [0.05, 0.1) is 29.7 Å². The molecule has 0 spiro atoms. The van der Waals surface area contributed by atoms with Gasteiger partial charge in [-0.15, -0.1) is 0 Å². The van der Waals surface area contributed by atoms with Crippen molar-refractivity contribution in [1.29, 1.82) is 0 Å². The van der Waals surface area contributed by atoms with E-state index in [0.29, 0.717) is 49.9 Å². The van der Waals surface area contributed by atoms with Crippen molar-refractivity contribution >= 4 is 46.6 Å². The molecule has 0 unspecified atom stereocenters. The third-order valence-electron chi connectivity index (χ3n) is 5.88. The molecule has 3 rings (SSSR count). The fourth-order valence-electron chi connectivity index (χ4n) is 3.83. The van der Waals surface area contributed by atoms with Crippen molar-refractivity contribution < 1.29 is 24.3 Å². The average molecular weight is 506 g/mol. The van der Waals surface area contributed by atoms with Gasteiger partial charge in [0.1, 0.15) is 12.1 Å². The quantitative estimate of drug-likeness (QED) is 0.192. The number of hydrogen-bond acceptors (Lipinski definition) is 7. The molecule has 0 fully saturated rings. The number of unbranched alkanes of at least 4 members (excludes halogenated alkanes) is 1. The zero-order valence-electron chi connectivity index (χ0n) is 20.6. The van der Waals surface area contributed by atoms with Crippen LogP contribution in [-0.4, -0.2) is 51.7 Å². The Kier molecular flexibility index (Phi) is 10.1. The minimum absolute atomic E-state index is 0.190. The van der Waals surface area contributed by atoms with Gasteiger partial charge in [-0.25, -0.2) is 4.98 Å². The van der Waals surface area contributed by atoms with Crippen molar-refractivity contribution in [3.05, 3.63) is 60.3 Å². The number of fused-ring (bicyclic) bond motifs is 1. The number of amides is 2. The van der Waals surface area contributed by atoms with Gasteiger partial charge < -0.3 is 25.9 Å². The van der Waals surface area contributed by atoms with Gasteiger partial charge in [-0.1, -0.05) is 25.5 Å². The molecule has 2 atom stereocenters. The van der Waals surface area contributed by atoms with Crippen molar-refractivity contribution in [1.82, 2.24) is 20.6 Å². The fourth-order valence-corrected chi connectivity index (χ4v) is 3.83. The molecule has 0 aliphatic heterocycles. The highest BCUT2D eigenvalue weighted by atomic mass is 16.4. The van der Waals surface area contributed by atoms with Gasteiger partial charge >= 0.3 is 5.97 Å². The first kappa shape index (κ1) is 27.3. The number of benzene rings is 2. The maximum absolute atomic E-state index is 12.5. The lowest BCUT2D eigenvalue weighted by Gasteiger charge is -2.17. The number of aldehydes is 1. The topological polar surface area (TPSA) is 150 Å². The minimum Gasteiger partial charge on any atom is -0.481 e.